The van der Waals surface area contributed by atoms with Crippen LogP contribution < -0.4 is 21.5 Å². The maximum atomic E-state index is 12.7. The second kappa shape index (κ2) is 18.4. The van der Waals surface area contributed by atoms with Gasteiger partial charge in [-0.3, -0.25) is 24.2 Å². The number of nitrogens with zero attached hydrogens (tertiary/aromatic N) is 2. The molecule has 0 saturated carbocycles. The van der Waals surface area contributed by atoms with Crippen molar-refractivity contribution in [2.24, 2.45) is 11.5 Å². The van der Waals surface area contributed by atoms with Crippen LogP contribution >= 0.6 is 23.5 Å². The topological polar surface area (TPSA) is 178 Å². The van der Waals surface area contributed by atoms with Crippen molar-refractivity contribution in [1.29, 1.82) is 0 Å². The maximum absolute atomic E-state index is 12.7. The number of aliphatic hydroxyl groups is 1. The second-order valence-electron chi connectivity index (χ2n) is 11.6. The number of primary amides is 2. The van der Waals surface area contributed by atoms with E-state index in [1.54, 1.807) is 25.4 Å². The van der Waals surface area contributed by atoms with Crippen molar-refractivity contribution in [3.05, 3.63) is 72.6 Å². The van der Waals surface area contributed by atoms with Crippen LogP contribution in [0.1, 0.15) is 46.1 Å². The molecule has 2 heterocycles. The lowest BCUT2D eigenvalue weighted by Gasteiger charge is -2.30. The molecule has 4 rings (SSSR count). The minimum absolute atomic E-state index is 0.0417. The van der Waals surface area contributed by atoms with Crippen LogP contribution in [0.15, 0.2) is 67.0 Å². The number of benzene rings is 2. The summed E-state index contributed by atoms with van der Waals surface area (Å²) >= 11 is 2.99. The molecule has 3 aromatic rings. The number of nitrogens with two attached hydrogens (primary N) is 2. The number of nitrogens with one attached hydrogen (secondary N) is 1. The zero-order valence-electron chi connectivity index (χ0n) is 27.1. The number of carbonyl (C=O) groups excluding carboxylic acids is 4. The summed E-state index contributed by atoms with van der Waals surface area (Å²) in [4.78, 5) is 51.4. The molecule has 1 saturated heterocycles. The fourth-order valence-electron chi connectivity index (χ4n) is 4.14. The quantitative estimate of drug-likeness (QED) is 0.266. The summed E-state index contributed by atoms with van der Waals surface area (Å²) in [5.74, 6) is 0.0309. The lowest BCUT2D eigenvalue weighted by molar-refractivity contribution is -0.146. The lowest BCUT2D eigenvalue weighted by atomic mass is 9.94. The van der Waals surface area contributed by atoms with Crippen LogP contribution in [0.3, 0.4) is 0 Å². The van der Waals surface area contributed by atoms with E-state index in [-0.39, 0.29) is 41.0 Å². The third-order valence-corrected chi connectivity index (χ3v) is 8.73. The third-order valence-electron chi connectivity index (χ3n) is 6.78. The normalized spacial score (nSPS) is 16.1. The Balaban J connectivity index is 0.000000283. The Labute approximate surface area is 279 Å². The summed E-state index contributed by atoms with van der Waals surface area (Å²) in [5.41, 5.74) is 10.4. The summed E-state index contributed by atoms with van der Waals surface area (Å²) in [6.45, 7) is 9.22. The number of carbonyl (C=O) groups is 4. The second-order valence-corrected chi connectivity index (χ2v) is 13.8. The zero-order chi connectivity index (χ0) is 34.4. The van der Waals surface area contributed by atoms with Crippen molar-refractivity contribution in [2.45, 2.75) is 63.5 Å². The molecule has 0 aliphatic carbocycles. The highest BCUT2D eigenvalue weighted by atomic mass is 32.2. The molecule has 250 valence electrons. The first-order valence-electron chi connectivity index (χ1n) is 14.7. The number of rotatable bonds is 9. The number of pyridine rings is 1. The van der Waals surface area contributed by atoms with Gasteiger partial charge in [0.05, 0.1) is 11.1 Å². The molecular weight excluding hydrogens is 627 g/mol. The molecule has 1 aliphatic rings. The predicted molar refractivity (Wildman–Crippen MR) is 185 cm³/mol. The van der Waals surface area contributed by atoms with Crippen molar-refractivity contribution < 1.29 is 29.0 Å². The summed E-state index contributed by atoms with van der Waals surface area (Å²) < 4.78 is 5.28. The first-order chi connectivity index (χ1) is 21.7. The van der Waals surface area contributed by atoms with Crippen molar-refractivity contribution in [3.8, 4) is 5.75 Å². The standard InChI is InChI=1S/C18H26N2O3S.C11H10N2O2.C4H9NOS/c1-12(13-8-6-5-7-9-13)15(21)17(23)20-11-24-10-14(20)16(22)19-18(2,3)4;12-11(14)7-15-10-3-1-2-8-6-13-5-4-9(8)10;1-3(7-2)4(5)6/h5-9,12,14-15,21H,10-11H2,1-4H3,(H,19,22);1-6H,7H2,(H2,12,14);3H,1-2H3,(H2,5,6). The van der Waals surface area contributed by atoms with Gasteiger partial charge in [-0.2, -0.15) is 11.8 Å². The van der Waals surface area contributed by atoms with Gasteiger partial charge < -0.3 is 31.5 Å². The molecule has 1 aliphatic heterocycles. The molecule has 13 heteroatoms. The Bertz CT molecular complexity index is 1450. The Morgan fingerprint density at radius 2 is 1.76 bits per heavy atom. The fraction of sp³-hybridized carbons (Fsp3) is 0.424. The average Bonchev–Trinajstić information content (AvgIpc) is 3.53. The van der Waals surface area contributed by atoms with Crippen LogP contribution in [-0.2, 0) is 19.2 Å². The molecule has 4 unspecified atom stereocenters. The van der Waals surface area contributed by atoms with E-state index in [0.29, 0.717) is 17.4 Å². The van der Waals surface area contributed by atoms with Crippen LogP contribution in [0.5, 0.6) is 5.75 Å². The van der Waals surface area contributed by atoms with E-state index in [4.69, 9.17) is 16.2 Å². The molecule has 6 N–H and O–H groups in total. The fourth-order valence-corrected chi connectivity index (χ4v) is 5.53. The number of hydrogen-bond donors (Lipinski definition) is 4. The van der Waals surface area contributed by atoms with Gasteiger partial charge in [-0.05, 0) is 51.6 Å². The smallest absolute Gasteiger partial charge is 0.255 e. The van der Waals surface area contributed by atoms with E-state index < -0.39 is 18.1 Å². The number of ether oxygens (including phenoxy) is 1. The molecule has 4 atom stereocenters. The minimum Gasteiger partial charge on any atom is -0.483 e. The van der Waals surface area contributed by atoms with Crippen LogP contribution in [0.25, 0.3) is 10.8 Å². The Hall–Kier alpha value is -3.81. The SMILES string of the molecule is CC(c1ccccc1)C(O)C(=O)N1CSCC1C(=O)NC(C)(C)C.CSC(C)C(N)=O.NC(=O)COc1cccc2cnccc12. The molecule has 1 fully saturated rings. The van der Waals surface area contributed by atoms with E-state index in [1.165, 1.54) is 28.4 Å². The number of fused-ring (bicyclic) bond motifs is 1. The largest absolute Gasteiger partial charge is 0.483 e. The molecule has 0 spiro atoms. The molecule has 46 heavy (non-hydrogen) atoms. The van der Waals surface area contributed by atoms with Gasteiger partial charge in [-0.15, -0.1) is 11.8 Å². The Morgan fingerprint density at radius 3 is 2.33 bits per heavy atom. The van der Waals surface area contributed by atoms with Crippen molar-refractivity contribution >= 4 is 57.9 Å². The number of thioether (sulfide) groups is 2. The van der Waals surface area contributed by atoms with Gasteiger partial charge in [-0.1, -0.05) is 49.4 Å². The number of aromatic nitrogens is 1. The zero-order valence-corrected chi connectivity index (χ0v) is 28.8. The van der Waals surface area contributed by atoms with Crippen LogP contribution in [0.2, 0.25) is 0 Å². The number of hydrogen-bond acceptors (Lipinski definition) is 9. The number of amides is 4. The maximum Gasteiger partial charge on any atom is 0.255 e. The van der Waals surface area contributed by atoms with Gasteiger partial charge in [0, 0.05) is 40.4 Å². The van der Waals surface area contributed by atoms with Crippen molar-refractivity contribution in [3.63, 3.8) is 0 Å². The molecular formula is C33H45N5O6S2. The molecule has 2 aromatic carbocycles. The molecule has 0 radical (unpaired) electrons. The van der Waals surface area contributed by atoms with Gasteiger partial charge >= 0.3 is 0 Å². The van der Waals surface area contributed by atoms with Crippen molar-refractivity contribution in [2.75, 3.05) is 24.5 Å². The van der Waals surface area contributed by atoms with E-state index in [1.807, 2.05) is 82.5 Å². The molecule has 11 nitrogen and oxygen atoms in total. The highest BCUT2D eigenvalue weighted by Crippen LogP contribution is 2.27. The highest BCUT2D eigenvalue weighted by molar-refractivity contribution is 8.00. The summed E-state index contributed by atoms with van der Waals surface area (Å²) in [6.07, 6.45) is 4.12. The average molecular weight is 672 g/mol. The van der Waals surface area contributed by atoms with Gasteiger partial charge in [-0.25, -0.2) is 0 Å². The van der Waals surface area contributed by atoms with E-state index in [2.05, 4.69) is 10.3 Å². The first-order valence-corrected chi connectivity index (χ1v) is 17.1. The third kappa shape index (κ3) is 12.2. The van der Waals surface area contributed by atoms with Gasteiger partial charge in [0.2, 0.25) is 11.8 Å². The molecule has 1 aromatic heterocycles. The van der Waals surface area contributed by atoms with Crippen molar-refractivity contribution in [1.82, 2.24) is 15.2 Å². The monoisotopic (exact) mass is 671 g/mol. The molecule has 4 amide bonds. The Morgan fingerprint density at radius 1 is 1.09 bits per heavy atom. The van der Waals surface area contributed by atoms with Gasteiger partial charge in [0.25, 0.3) is 11.8 Å². The highest BCUT2D eigenvalue weighted by Gasteiger charge is 2.39. The lowest BCUT2D eigenvalue weighted by Crippen LogP contribution is -2.54. The minimum atomic E-state index is -1.16. The Kier molecular flexibility index (Phi) is 15.3. The summed E-state index contributed by atoms with van der Waals surface area (Å²) in [7, 11) is 0. The van der Waals surface area contributed by atoms with E-state index in [9.17, 15) is 24.3 Å². The predicted octanol–water partition coefficient (Wildman–Crippen LogP) is 3.29. The summed E-state index contributed by atoms with van der Waals surface area (Å²) in [6, 6.07) is 16.3. The number of aliphatic hydroxyl groups excluding tert-OH is 1. The van der Waals surface area contributed by atoms with Crippen LogP contribution in [-0.4, -0.2) is 86.0 Å². The van der Waals surface area contributed by atoms with Gasteiger partial charge in [0.1, 0.15) is 17.9 Å². The van der Waals surface area contributed by atoms with Crippen LogP contribution in [0, 0.1) is 0 Å². The summed E-state index contributed by atoms with van der Waals surface area (Å²) in [5, 5.41) is 15.3. The molecule has 0 bridgehead atoms. The first kappa shape index (κ1) is 38.4. The van der Waals surface area contributed by atoms with E-state index in [0.717, 1.165) is 16.3 Å². The van der Waals surface area contributed by atoms with Gasteiger partial charge in [0.15, 0.2) is 6.61 Å². The van der Waals surface area contributed by atoms with E-state index >= 15 is 0 Å². The van der Waals surface area contributed by atoms with Crippen LogP contribution in [0.4, 0.5) is 0 Å².